The number of nitrogens with one attached hydrogen (secondary N) is 1. The van der Waals surface area contributed by atoms with Gasteiger partial charge in [0.25, 0.3) is 0 Å². The number of hydrogen-bond acceptors (Lipinski definition) is 2. The molecule has 0 aliphatic rings. The fourth-order valence-corrected chi connectivity index (χ4v) is 2.59. The Morgan fingerprint density at radius 1 is 1.14 bits per heavy atom. The molecule has 1 aromatic carbocycles. The van der Waals surface area contributed by atoms with Crippen LogP contribution in [0, 0.1) is 0 Å². The molecule has 3 nitrogen and oxygen atoms in total. The zero-order chi connectivity index (χ0) is 15.2. The summed E-state index contributed by atoms with van der Waals surface area (Å²) in [5, 5.41) is 8.94. The minimum absolute atomic E-state index is 0.278. The van der Waals surface area contributed by atoms with Crippen LogP contribution in [0.15, 0.2) is 36.5 Å². The highest BCUT2D eigenvalue weighted by molar-refractivity contribution is 6.30. The van der Waals surface area contributed by atoms with Crippen LogP contribution in [0.3, 0.4) is 0 Å². The van der Waals surface area contributed by atoms with Crippen molar-refractivity contribution in [2.45, 2.75) is 52.2 Å². The number of halogens is 1. The fraction of sp³-hybridized carbons (Fsp3) is 0.471. The Hall–Kier alpha value is -1.32. The fourth-order valence-electron chi connectivity index (χ4n) is 2.46. The topological polar surface area (TPSA) is 29.9 Å². The van der Waals surface area contributed by atoms with E-state index in [-0.39, 0.29) is 6.04 Å². The molecule has 21 heavy (non-hydrogen) atoms. The molecule has 0 aliphatic heterocycles. The van der Waals surface area contributed by atoms with Gasteiger partial charge < -0.3 is 5.32 Å². The van der Waals surface area contributed by atoms with Crippen LogP contribution in [0.1, 0.15) is 57.0 Å². The Bertz CT molecular complexity index is 543. The van der Waals surface area contributed by atoms with Gasteiger partial charge in [-0.25, -0.2) is 0 Å². The van der Waals surface area contributed by atoms with Gasteiger partial charge >= 0.3 is 0 Å². The first-order chi connectivity index (χ1) is 10.1. The number of benzene rings is 1. The minimum Gasteiger partial charge on any atom is -0.304 e. The molecule has 114 valence electrons. The van der Waals surface area contributed by atoms with Gasteiger partial charge in [0.15, 0.2) is 0 Å². The van der Waals surface area contributed by atoms with E-state index >= 15 is 0 Å². The van der Waals surface area contributed by atoms with Crippen molar-refractivity contribution in [3.8, 4) is 0 Å². The Morgan fingerprint density at radius 2 is 1.81 bits per heavy atom. The maximum Gasteiger partial charge on any atom is 0.0762 e. The van der Waals surface area contributed by atoms with Gasteiger partial charge in [0.1, 0.15) is 0 Å². The van der Waals surface area contributed by atoms with Crippen molar-refractivity contribution >= 4 is 11.6 Å². The second-order valence-electron chi connectivity index (χ2n) is 5.41. The quantitative estimate of drug-likeness (QED) is 0.800. The van der Waals surface area contributed by atoms with E-state index in [4.69, 9.17) is 11.6 Å². The largest absolute Gasteiger partial charge is 0.304 e. The molecule has 2 rings (SSSR count). The second kappa shape index (κ2) is 7.62. The monoisotopic (exact) mass is 305 g/mol. The van der Waals surface area contributed by atoms with Crippen molar-refractivity contribution in [2.75, 3.05) is 0 Å². The minimum atomic E-state index is 0.278. The van der Waals surface area contributed by atoms with Gasteiger partial charge in [-0.05, 0) is 43.5 Å². The van der Waals surface area contributed by atoms with E-state index in [1.54, 1.807) is 0 Å². The summed E-state index contributed by atoms with van der Waals surface area (Å²) in [7, 11) is 0. The van der Waals surface area contributed by atoms with Crippen molar-refractivity contribution in [3.05, 3.63) is 52.8 Å². The zero-order valence-electron chi connectivity index (χ0n) is 13.0. The van der Waals surface area contributed by atoms with Gasteiger partial charge in [-0.2, -0.15) is 5.10 Å². The summed E-state index contributed by atoms with van der Waals surface area (Å²) >= 11 is 5.92. The number of aromatic nitrogens is 2. The average molecular weight is 306 g/mol. The molecule has 0 fully saturated rings. The van der Waals surface area contributed by atoms with Gasteiger partial charge in [0, 0.05) is 23.8 Å². The van der Waals surface area contributed by atoms with Crippen LogP contribution < -0.4 is 5.32 Å². The lowest BCUT2D eigenvalue weighted by atomic mass is 10.1. The van der Waals surface area contributed by atoms with Crippen molar-refractivity contribution in [2.24, 2.45) is 0 Å². The molecule has 1 aromatic heterocycles. The highest BCUT2D eigenvalue weighted by atomic mass is 35.5. The summed E-state index contributed by atoms with van der Waals surface area (Å²) in [5.74, 6) is 0. The molecule has 1 unspecified atom stereocenters. The number of hydrogen-bond donors (Lipinski definition) is 1. The molecule has 2 aromatic rings. The molecular formula is C17H24ClN3. The maximum absolute atomic E-state index is 5.92. The lowest BCUT2D eigenvalue weighted by Gasteiger charge is -2.14. The third-order valence-electron chi connectivity index (χ3n) is 3.94. The van der Waals surface area contributed by atoms with Crippen LogP contribution in [0.2, 0.25) is 5.02 Å². The lowest BCUT2D eigenvalue weighted by Crippen LogP contribution is -2.18. The molecule has 0 saturated carbocycles. The first kappa shape index (κ1) is 16.1. The van der Waals surface area contributed by atoms with E-state index in [0.717, 1.165) is 30.1 Å². The van der Waals surface area contributed by atoms with E-state index in [1.807, 2.05) is 12.1 Å². The van der Waals surface area contributed by atoms with Crippen LogP contribution in [0.5, 0.6) is 0 Å². The molecule has 4 heteroatoms. The summed E-state index contributed by atoms with van der Waals surface area (Å²) < 4.78 is 2.09. The van der Waals surface area contributed by atoms with Crippen LogP contribution in [0.25, 0.3) is 0 Å². The van der Waals surface area contributed by atoms with E-state index in [9.17, 15) is 0 Å². The van der Waals surface area contributed by atoms with Crippen molar-refractivity contribution < 1.29 is 0 Å². The highest BCUT2D eigenvalue weighted by Crippen LogP contribution is 2.17. The van der Waals surface area contributed by atoms with E-state index < -0.39 is 0 Å². The predicted octanol–water partition coefficient (Wildman–Crippen LogP) is 4.75. The Morgan fingerprint density at radius 3 is 2.43 bits per heavy atom. The van der Waals surface area contributed by atoms with Gasteiger partial charge in [0.2, 0.25) is 0 Å². The zero-order valence-corrected chi connectivity index (χ0v) is 13.8. The van der Waals surface area contributed by atoms with Crippen LogP contribution in [-0.2, 0) is 6.54 Å². The molecule has 0 bridgehead atoms. The second-order valence-corrected chi connectivity index (χ2v) is 5.85. The van der Waals surface area contributed by atoms with Gasteiger partial charge in [-0.15, -0.1) is 0 Å². The van der Waals surface area contributed by atoms with E-state index in [0.29, 0.717) is 6.04 Å². The first-order valence-corrected chi connectivity index (χ1v) is 8.04. The normalized spacial score (nSPS) is 12.8. The number of rotatable bonds is 7. The Balaban J connectivity index is 1.92. The van der Waals surface area contributed by atoms with E-state index in [2.05, 4.69) is 60.3 Å². The van der Waals surface area contributed by atoms with Crippen molar-refractivity contribution in [1.29, 1.82) is 0 Å². The van der Waals surface area contributed by atoms with Gasteiger partial charge in [0.05, 0.1) is 11.7 Å². The molecule has 0 amide bonds. The molecule has 0 spiro atoms. The van der Waals surface area contributed by atoms with Crippen LogP contribution >= 0.6 is 11.6 Å². The third kappa shape index (κ3) is 4.32. The van der Waals surface area contributed by atoms with Gasteiger partial charge in [-0.1, -0.05) is 37.6 Å². The molecule has 0 saturated heterocycles. The van der Waals surface area contributed by atoms with Crippen LogP contribution in [-0.4, -0.2) is 9.78 Å². The number of nitrogens with zero attached hydrogens (tertiary/aromatic N) is 2. The summed E-state index contributed by atoms with van der Waals surface area (Å²) in [6.07, 6.45) is 4.32. The lowest BCUT2D eigenvalue weighted by molar-refractivity contribution is 0.423. The Kier molecular flexibility index (Phi) is 5.83. The SMILES string of the molecule is CCC(CC)n1ccc(CNC(C)c2ccc(Cl)cc2)n1. The summed E-state index contributed by atoms with van der Waals surface area (Å²) in [5.41, 5.74) is 2.32. The first-order valence-electron chi connectivity index (χ1n) is 7.66. The molecule has 0 aliphatic carbocycles. The standard InChI is InChI=1S/C17H24ClN3/c1-4-17(5-2)21-11-10-16(20-21)12-19-13(3)14-6-8-15(18)9-7-14/h6-11,13,17,19H,4-5,12H2,1-3H3. The molecule has 1 atom stereocenters. The Labute approximate surface area is 132 Å². The predicted molar refractivity (Wildman–Crippen MR) is 88.6 cm³/mol. The highest BCUT2D eigenvalue weighted by Gasteiger charge is 2.09. The summed E-state index contributed by atoms with van der Waals surface area (Å²) in [6, 6.07) is 10.9. The average Bonchev–Trinajstić information content (AvgIpc) is 2.96. The van der Waals surface area contributed by atoms with Gasteiger partial charge in [-0.3, -0.25) is 4.68 Å². The van der Waals surface area contributed by atoms with Crippen molar-refractivity contribution in [3.63, 3.8) is 0 Å². The third-order valence-corrected chi connectivity index (χ3v) is 4.19. The molecule has 1 heterocycles. The maximum atomic E-state index is 5.92. The molecule has 0 radical (unpaired) electrons. The van der Waals surface area contributed by atoms with Crippen molar-refractivity contribution in [1.82, 2.24) is 15.1 Å². The summed E-state index contributed by atoms with van der Waals surface area (Å²) in [4.78, 5) is 0. The van der Waals surface area contributed by atoms with Crippen LogP contribution in [0.4, 0.5) is 0 Å². The van der Waals surface area contributed by atoms with E-state index in [1.165, 1.54) is 5.56 Å². The summed E-state index contributed by atoms with van der Waals surface area (Å²) in [6.45, 7) is 7.34. The molecular weight excluding hydrogens is 282 g/mol. The smallest absolute Gasteiger partial charge is 0.0762 e. The molecule has 1 N–H and O–H groups in total.